The van der Waals surface area contributed by atoms with E-state index < -0.39 is 5.97 Å². The Morgan fingerprint density at radius 2 is 1.74 bits per heavy atom. The van der Waals surface area contributed by atoms with Gasteiger partial charge in [0.2, 0.25) is 0 Å². The van der Waals surface area contributed by atoms with Gasteiger partial charge in [0.15, 0.2) is 0 Å². The molecule has 0 unspecified atom stereocenters. The van der Waals surface area contributed by atoms with E-state index in [1.165, 1.54) is 11.8 Å². The van der Waals surface area contributed by atoms with E-state index in [4.69, 9.17) is 21.1 Å². The third-order valence-electron chi connectivity index (χ3n) is 4.85. The van der Waals surface area contributed by atoms with Gasteiger partial charge in [-0.3, -0.25) is 0 Å². The lowest BCUT2D eigenvalue weighted by molar-refractivity contribution is -0.138. The number of hydrogen-bond acceptors (Lipinski definition) is 6. The van der Waals surface area contributed by atoms with E-state index in [2.05, 4.69) is 4.99 Å². The Morgan fingerprint density at radius 3 is 2.41 bits per heavy atom. The molecule has 7 heteroatoms. The fraction of sp³-hybridized carbons (Fsp3) is 0.111. The zero-order valence-corrected chi connectivity index (χ0v) is 20.0. The van der Waals surface area contributed by atoms with Crippen molar-refractivity contribution in [2.24, 2.45) is 4.99 Å². The molecule has 0 amide bonds. The van der Waals surface area contributed by atoms with Crippen molar-refractivity contribution in [2.45, 2.75) is 13.5 Å². The molecule has 1 heterocycles. The van der Waals surface area contributed by atoms with Gasteiger partial charge in [-0.2, -0.15) is 0 Å². The maximum absolute atomic E-state index is 12.5. The number of carbonyl (C=O) groups excluding carboxylic acids is 1. The molecule has 0 bridgehead atoms. The molecule has 0 fully saturated rings. The first kappa shape index (κ1) is 23.7. The Labute approximate surface area is 207 Å². The van der Waals surface area contributed by atoms with E-state index in [-0.39, 0.29) is 17.9 Å². The summed E-state index contributed by atoms with van der Waals surface area (Å²) in [6.07, 6.45) is 1.80. The van der Waals surface area contributed by atoms with E-state index in [0.717, 1.165) is 16.9 Å². The van der Waals surface area contributed by atoms with Gasteiger partial charge in [0.1, 0.15) is 28.7 Å². The number of carbonyl (C=O) groups is 1. The standard InChI is InChI=1S/C27H22ClNO4S/c1-2-32-27(31)24-25(30)23(34-26(24)29-21-12-10-20(28)11-13-21)16-18-8-14-22(15-9-18)33-17-19-6-4-3-5-7-19/h3-16,30H,2,17H2,1H3/b23-16-,29-26?. The predicted octanol–water partition coefficient (Wildman–Crippen LogP) is 7.11. The fourth-order valence-corrected chi connectivity index (χ4v) is 4.34. The smallest absolute Gasteiger partial charge is 0.344 e. The maximum Gasteiger partial charge on any atom is 0.344 e. The summed E-state index contributed by atoms with van der Waals surface area (Å²) in [5.41, 5.74) is 2.60. The lowest BCUT2D eigenvalue weighted by Gasteiger charge is -2.06. The third kappa shape index (κ3) is 5.90. The van der Waals surface area contributed by atoms with Crippen molar-refractivity contribution >= 4 is 46.1 Å². The molecule has 0 aromatic heterocycles. The van der Waals surface area contributed by atoms with E-state index in [1.54, 1.807) is 37.3 Å². The first-order chi connectivity index (χ1) is 16.5. The second-order valence-electron chi connectivity index (χ2n) is 7.29. The summed E-state index contributed by atoms with van der Waals surface area (Å²) in [5.74, 6) is -0.0316. The van der Waals surface area contributed by atoms with Gasteiger partial charge < -0.3 is 14.6 Å². The zero-order chi connectivity index (χ0) is 23.9. The number of benzene rings is 3. The van der Waals surface area contributed by atoms with Crippen LogP contribution >= 0.6 is 23.4 Å². The third-order valence-corrected chi connectivity index (χ3v) is 6.13. The largest absolute Gasteiger partial charge is 0.506 e. The average molecular weight is 492 g/mol. The van der Waals surface area contributed by atoms with Crippen LogP contribution in [0.25, 0.3) is 6.08 Å². The molecule has 1 aliphatic rings. The van der Waals surface area contributed by atoms with Gasteiger partial charge >= 0.3 is 5.97 Å². The molecule has 5 nitrogen and oxygen atoms in total. The lowest BCUT2D eigenvalue weighted by atomic mass is 10.1. The van der Waals surface area contributed by atoms with Crippen LogP contribution in [0.2, 0.25) is 5.02 Å². The minimum absolute atomic E-state index is 0.0517. The Morgan fingerprint density at radius 1 is 1.03 bits per heavy atom. The summed E-state index contributed by atoms with van der Waals surface area (Å²) in [5, 5.41) is 11.8. The number of aliphatic imine (C=N–C) groups is 1. The average Bonchev–Trinajstić information content (AvgIpc) is 3.15. The quantitative estimate of drug-likeness (QED) is 0.356. The van der Waals surface area contributed by atoms with E-state index in [9.17, 15) is 9.90 Å². The van der Waals surface area contributed by atoms with Crippen LogP contribution in [0.4, 0.5) is 5.69 Å². The molecule has 0 aliphatic carbocycles. The van der Waals surface area contributed by atoms with Gasteiger partial charge in [-0.1, -0.05) is 65.8 Å². The molecule has 4 rings (SSSR count). The second-order valence-corrected chi connectivity index (χ2v) is 8.76. The number of halogens is 1. The summed E-state index contributed by atoms with van der Waals surface area (Å²) in [4.78, 5) is 17.6. The molecule has 1 N–H and O–H groups in total. The molecule has 34 heavy (non-hydrogen) atoms. The van der Waals surface area contributed by atoms with Gasteiger partial charge in [0, 0.05) is 5.02 Å². The molecule has 172 valence electrons. The van der Waals surface area contributed by atoms with E-state index in [1.807, 2.05) is 54.6 Å². The number of thioether (sulfide) groups is 1. The SMILES string of the molecule is CCOC(=O)C1=C(O)/C(=C/c2ccc(OCc3ccccc3)cc2)SC1=Nc1ccc(Cl)cc1. The molecule has 0 radical (unpaired) electrons. The van der Waals surface area contributed by atoms with Crippen molar-refractivity contribution in [1.82, 2.24) is 0 Å². The van der Waals surface area contributed by atoms with Gasteiger partial charge in [0.25, 0.3) is 0 Å². The van der Waals surface area contributed by atoms with Crippen LogP contribution in [0.5, 0.6) is 5.75 Å². The molecule has 3 aromatic carbocycles. The van der Waals surface area contributed by atoms with Crippen molar-refractivity contribution in [1.29, 1.82) is 0 Å². The van der Waals surface area contributed by atoms with Crippen LogP contribution < -0.4 is 4.74 Å². The van der Waals surface area contributed by atoms with Crippen molar-refractivity contribution in [2.75, 3.05) is 6.61 Å². The highest BCUT2D eigenvalue weighted by Crippen LogP contribution is 2.40. The van der Waals surface area contributed by atoms with Crippen LogP contribution in [0.15, 0.2) is 100 Å². The number of nitrogens with zero attached hydrogens (tertiary/aromatic N) is 1. The Kier molecular flexibility index (Phi) is 7.72. The second kappa shape index (κ2) is 11.1. The predicted molar refractivity (Wildman–Crippen MR) is 138 cm³/mol. The Bertz CT molecular complexity index is 1250. The lowest BCUT2D eigenvalue weighted by Crippen LogP contribution is -2.12. The highest BCUT2D eigenvalue weighted by molar-refractivity contribution is 8.18. The number of hydrogen-bond donors (Lipinski definition) is 1. The molecule has 0 spiro atoms. The summed E-state index contributed by atoms with van der Waals surface area (Å²) < 4.78 is 11.0. The van der Waals surface area contributed by atoms with Crippen LogP contribution in [0, 0.1) is 0 Å². The van der Waals surface area contributed by atoms with E-state index >= 15 is 0 Å². The highest BCUT2D eigenvalue weighted by atomic mass is 35.5. The number of ether oxygens (including phenoxy) is 2. The van der Waals surface area contributed by atoms with Crippen molar-refractivity contribution in [3.05, 3.63) is 111 Å². The summed E-state index contributed by atoms with van der Waals surface area (Å²) in [6, 6.07) is 24.4. The van der Waals surface area contributed by atoms with Crippen LogP contribution in [-0.2, 0) is 16.1 Å². The van der Waals surface area contributed by atoms with Crippen LogP contribution in [0.1, 0.15) is 18.1 Å². The summed E-state index contributed by atoms with van der Waals surface area (Å²) in [6.45, 7) is 2.39. The monoisotopic (exact) mass is 491 g/mol. The van der Waals surface area contributed by atoms with Gasteiger partial charge in [0.05, 0.1) is 17.2 Å². The maximum atomic E-state index is 12.5. The Hall–Kier alpha value is -3.48. The van der Waals surface area contributed by atoms with Crippen LogP contribution in [-0.4, -0.2) is 22.7 Å². The first-order valence-corrected chi connectivity index (χ1v) is 11.8. The van der Waals surface area contributed by atoms with Gasteiger partial charge in [-0.15, -0.1) is 0 Å². The minimum atomic E-state index is -0.617. The summed E-state index contributed by atoms with van der Waals surface area (Å²) in [7, 11) is 0. The molecular weight excluding hydrogens is 470 g/mol. The number of rotatable bonds is 7. The van der Waals surface area contributed by atoms with Crippen molar-refractivity contribution in [3.63, 3.8) is 0 Å². The normalized spacial score (nSPS) is 15.7. The number of aliphatic hydroxyl groups is 1. The number of aliphatic hydroxyl groups excluding tert-OH is 1. The number of esters is 1. The van der Waals surface area contributed by atoms with E-state index in [0.29, 0.717) is 27.3 Å². The van der Waals surface area contributed by atoms with Gasteiger partial charge in [-0.25, -0.2) is 9.79 Å². The minimum Gasteiger partial charge on any atom is -0.506 e. The molecule has 0 saturated heterocycles. The zero-order valence-electron chi connectivity index (χ0n) is 18.4. The van der Waals surface area contributed by atoms with Gasteiger partial charge in [-0.05, 0) is 60.5 Å². The first-order valence-electron chi connectivity index (χ1n) is 10.6. The Balaban J connectivity index is 1.56. The topological polar surface area (TPSA) is 68.1 Å². The highest BCUT2D eigenvalue weighted by Gasteiger charge is 2.33. The van der Waals surface area contributed by atoms with Crippen LogP contribution in [0.3, 0.4) is 0 Å². The molecule has 0 atom stereocenters. The van der Waals surface area contributed by atoms with Crippen molar-refractivity contribution in [3.8, 4) is 5.75 Å². The molecule has 0 saturated carbocycles. The molecule has 3 aromatic rings. The summed E-state index contributed by atoms with van der Waals surface area (Å²) >= 11 is 7.16. The van der Waals surface area contributed by atoms with Crippen molar-refractivity contribution < 1.29 is 19.4 Å². The molecule has 1 aliphatic heterocycles. The fourth-order valence-electron chi connectivity index (χ4n) is 3.18. The molecular formula is C27H22ClNO4S.